The van der Waals surface area contributed by atoms with Crippen LogP contribution in [0.1, 0.15) is 36.4 Å². The van der Waals surface area contributed by atoms with Gasteiger partial charge in [-0.3, -0.25) is 9.69 Å². The zero-order valence-electron chi connectivity index (χ0n) is 18.6. The summed E-state index contributed by atoms with van der Waals surface area (Å²) < 4.78 is 10.8. The van der Waals surface area contributed by atoms with Gasteiger partial charge in [0.1, 0.15) is 11.5 Å². The predicted octanol–water partition coefficient (Wildman–Crippen LogP) is 3.41. The number of nitrogens with one attached hydrogen (secondary N) is 1. The van der Waals surface area contributed by atoms with Gasteiger partial charge in [-0.2, -0.15) is 0 Å². The summed E-state index contributed by atoms with van der Waals surface area (Å²) in [7, 11) is 3.78. The quantitative estimate of drug-likeness (QED) is 0.705. The fraction of sp³-hybridized carbons (Fsp3) is 0.480. The number of piperidine rings is 1. The maximum atomic E-state index is 12.5. The van der Waals surface area contributed by atoms with E-state index in [2.05, 4.69) is 40.4 Å². The average Bonchev–Trinajstić information content (AvgIpc) is 3.19. The molecule has 1 N–H and O–H groups in total. The first kappa shape index (κ1) is 21.5. The second kappa shape index (κ2) is 10.1. The van der Waals surface area contributed by atoms with E-state index in [1.54, 1.807) is 7.11 Å². The molecule has 2 aromatic rings. The maximum absolute atomic E-state index is 12.5. The number of methoxy groups -OCH3 is 1. The molecule has 2 aliphatic heterocycles. The number of ether oxygens (including phenoxy) is 2. The topological polar surface area (TPSA) is 54.0 Å². The second-order valence-electron chi connectivity index (χ2n) is 8.44. The summed E-state index contributed by atoms with van der Waals surface area (Å²) in [6, 6.07) is 14.3. The van der Waals surface area contributed by atoms with E-state index in [1.807, 2.05) is 24.3 Å². The van der Waals surface area contributed by atoms with Crippen LogP contribution in [0.4, 0.5) is 5.69 Å². The molecule has 2 aliphatic rings. The number of rotatable bonds is 8. The number of fused-ring (bicyclic) bond motifs is 1. The van der Waals surface area contributed by atoms with Crippen molar-refractivity contribution in [3.05, 3.63) is 53.6 Å². The van der Waals surface area contributed by atoms with E-state index in [1.165, 1.54) is 36.1 Å². The number of benzene rings is 2. The van der Waals surface area contributed by atoms with Gasteiger partial charge in [-0.05, 0) is 73.8 Å². The van der Waals surface area contributed by atoms with Gasteiger partial charge in [-0.1, -0.05) is 18.6 Å². The van der Waals surface area contributed by atoms with E-state index in [9.17, 15) is 4.79 Å². The third-order valence-corrected chi connectivity index (χ3v) is 6.37. The molecule has 166 valence electrons. The van der Waals surface area contributed by atoms with Crippen LogP contribution in [0.15, 0.2) is 42.5 Å². The molecule has 0 bridgehead atoms. The summed E-state index contributed by atoms with van der Waals surface area (Å²) in [6.45, 7) is 3.85. The van der Waals surface area contributed by atoms with E-state index in [4.69, 9.17) is 9.47 Å². The van der Waals surface area contributed by atoms with Gasteiger partial charge in [0, 0.05) is 25.8 Å². The van der Waals surface area contributed by atoms with Crippen molar-refractivity contribution in [3.63, 3.8) is 0 Å². The normalized spacial score (nSPS) is 17.2. The first-order valence-electron chi connectivity index (χ1n) is 11.3. The number of hydrogen-bond acceptors (Lipinski definition) is 5. The van der Waals surface area contributed by atoms with Crippen molar-refractivity contribution < 1.29 is 14.3 Å². The third-order valence-electron chi connectivity index (χ3n) is 6.37. The van der Waals surface area contributed by atoms with Crippen LogP contribution in [-0.2, 0) is 11.2 Å². The Bertz CT molecular complexity index is 878. The molecule has 0 aliphatic carbocycles. The van der Waals surface area contributed by atoms with E-state index < -0.39 is 0 Å². The van der Waals surface area contributed by atoms with Gasteiger partial charge in [-0.25, -0.2) is 0 Å². The highest BCUT2D eigenvalue weighted by Crippen LogP contribution is 2.32. The fourth-order valence-corrected chi connectivity index (χ4v) is 4.56. The van der Waals surface area contributed by atoms with Crippen LogP contribution in [0.3, 0.4) is 0 Å². The molecule has 0 saturated carbocycles. The largest absolute Gasteiger partial charge is 0.497 e. The minimum Gasteiger partial charge on any atom is -0.497 e. The smallest absolute Gasteiger partial charge is 0.258 e. The van der Waals surface area contributed by atoms with Crippen molar-refractivity contribution in [2.45, 2.75) is 31.7 Å². The van der Waals surface area contributed by atoms with Gasteiger partial charge >= 0.3 is 0 Å². The SMILES string of the molecule is COc1ccc(OCC(=O)NCC(c2ccc3c(c2)CCN3C)N2CCCCC2)cc1. The van der Waals surface area contributed by atoms with Gasteiger partial charge < -0.3 is 19.7 Å². The zero-order chi connectivity index (χ0) is 21.6. The van der Waals surface area contributed by atoms with Crippen molar-refractivity contribution in [1.82, 2.24) is 10.2 Å². The Morgan fingerprint density at radius 2 is 1.77 bits per heavy atom. The summed E-state index contributed by atoms with van der Waals surface area (Å²) in [5.74, 6) is 1.33. The number of carbonyl (C=O) groups excluding carboxylic acids is 1. The Morgan fingerprint density at radius 1 is 1.03 bits per heavy atom. The lowest BCUT2D eigenvalue weighted by molar-refractivity contribution is -0.123. The van der Waals surface area contributed by atoms with Crippen LogP contribution in [0.5, 0.6) is 11.5 Å². The summed E-state index contributed by atoms with van der Waals surface area (Å²) in [5.41, 5.74) is 4.04. The Labute approximate surface area is 185 Å². The van der Waals surface area contributed by atoms with Crippen LogP contribution in [0, 0.1) is 0 Å². The molecule has 0 aromatic heterocycles. The molecule has 1 unspecified atom stereocenters. The molecule has 1 amide bonds. The van der Waals surface area contributed by atoms with Crippen molar-refractivity contribution in [1.29, 1.82) is 0 Å². The molecule has 6 nitrogen and oxygen atoms in total. The molecule has 1 saturated heterocycles. The Balaban J connectivity index is 1.38. The summed E-state index contributed by atoms with van der Waals surface area (Å²) in [6.07, 6.45) is 4.83. The van der Waals surface area contributed by atoms with Crippen LogP contribution in [0.2, 0.25) is 0 Å². The third kappa shape index (κ3) is 5.31. The number of carbonyl (C=O) groups is 1. The first-order chi connectivity index (χ1) is 15.1. The van der Waals surface area contributed by atoms with Crippen LogP contribution < -0.4 is 19.7 Å². The zero-order valence-corrected chi connectivity index (χ0v) is 18.6. The van der Waals surface area contributed by atoms with Crippen molar-refractivity contribution >= 4 is 11.6 Å². The highest BCUT2D eigenvalue weighted by Gasteiger charge is 2.25. The lowest BCUT2D eigenvalue weighted by Crippen LogP contribution is -2.41. The van der Waals surface area contributed by atoms with Gasteiger partial charge in [0.25, 0.3) is 5.91 Å². The van der Waals surface area contributed by atoms with Crippen LogP contribution in [-0.4, -0.2) is 57.8 Å². The average molecular weight is 424 g/mol. The molecule has 2 aromatic carbocycles. The molecule has 31 heavy (non-hydrogen) atoms. The predicted molar refractivity (Wildman–Crippen MR) is 123 cm³/mol. The van der Waals surface area contributed by atoms with Crippen molar-refractivity contribution in [3.8, 4) is 11.5 Å². The standard InChI is InChI=1S/C25H33N3O3/c1-27-15-12-20-16-19(6-11-23(20)27)24(28-13-4-3-5-14-28)17-26-25(29)18-31-22-9-7-21(30-2)8-10-22/h6-11,16,24H,3-5,12-15,17-18H2,1-2H3,(H,26,29). The first-order valence-corrected chi connectivity index (χ1v) is 11.3. The van der Waals surface area contributed by atoms with Gasteiger partial charge in [0.15, 0.2) is 6.61 Å². The van der Waals surface area contributed by atoms with Gasteiger partial charge in [0.05, 0.1) is 13.2 Å². The summed E-state index contributed by atoms with van der Waals surface area (Å²) in [5, 5.41) is 3.11. The highest BCUT2D eigenvalue weighted by molar-refractivity contribution is 5.77. The highest BCUT2D eigenvalue weighted by atomic mass is 16.5. The monoisotopic (exact) mass is 423 g/mol. The van der Waals surface area contributed by atoms with E-state index in [0.29, 0.717) is 12.3 Å². The number of likely N-dealkylation sites (tertiary alicyclic amines) is 1. The molecule has 6 heteroatoms. The van der Waals surface area contributed by atoms with Crippen LogP contribution >= 0.6 is 0 Å². The van der Waals surface area contributed by atoms with Crippen molar-refractivity contribution in [2.24, 2.45) is 0 Å². The fourth-order valence-electron chi connectivity index (χ4n) is 4.56. The number of amides is 1. The molecular weight excluding hydrogens is 390 g/mol. The lowest BCUT2D eigenvalue weighted by Gasteiger charge is -2.35. The van der Waals surface area contributed by atoms with E-state index in [-0.39, 0.29) is 18.6 Å². The molecule has 0 spiro atoms. The molecule has 2 heterocycles. The lowest BCUT2D eigenvalue weighted by atomic mass is 9.98. The number of likely N-dealkylation sites (N-methyl/N-ethyl adjacent to an activating group) is 1. The van der Waals surface area contributed by atoms with E-state index >= 15 is 0 Å². The Hall–Kier alpha value is -2.73. The maximum Gasteiger partial charge on any atom is 0.258 e. The van der Waals surface area contributed by atoms with Crippen LogP contribution in [0.25, 0.3) is 0 Å². The van der Waals surface area contributed by atoms with Gasteiger partial charge in [0.2, 0.25) is 0 Å². The number of anilines is 1. The van der Waals surface area contributed by atoms with Gasteiger partial charge in [-0.15, -0.1) is 0 Å². The molecule has 1 atom stereocenters. The molecule has 4 rings (SSSR count). The number of hydrogen-bond donors (Lipinski definition) is 1. The molecular formula is C25H33N3O3. The minimum absolute atomic E-state index is 0.00797. The Kier molecular flexibility index (Phi) is 6.97. The summed E-state index contributed by atoms with van der Waals surface area (Å²) in [4.78, 5) is 17.3. The molecule has 1 fully saturated rings. The number of nitrogens with zero attached hydrogens (tertiary/aromatic N) is 2. The summed E-state index contributed by atoms with van der Waals surface area (Å²) >= 11 is 0. The minimum atomic E-state index is -0.0984. The van der Waals surface area contributed by atoms with Crippen molar-refractivity contribution in [2.75, 3.05) is 51.8 Å². The second-order valence-corrected chi connectivity index (χ2v) is 8.44. The van der Waals surface area contributed by atoms with E-state index in [0.717, 1.165) is 31.8 Å². The molecule has 0 radical (unpaired) electrons. The Morgan fingerprint density at radius 3 is 2.52 bits per heavy atom.